The van der Waals surface area contributed by atoms with Crippen LogP contribution in [0, 0.1) is 0 Å². The minimum Gasteiger partial charge on any atom is -0.476 e. The SMILES string of the molecule is CCOC(=O)C(C)(C)Oc1ccc2c(c1)CC(NCc1ccccc1)CCC2. The van der Waals surface area contributed by atoms with Crippen molar-refractivity contribution in [3.05, 3.63) is 65.2 Å². The molecule has 0 saturated heterocycles. The van der Waals surface area contributed by atoms with Gasteiger partial charge in [0.25, 0.3) is 0 Å². The highest BCUT2D eigenvalue weighted by molar-refractivity contribution is 5.79. The summed E-state index contributed by atoms with van der Waals surface area (Å²) in [5.74, 6) is 0.382. The van der Waals surface area contributed by atoms with Crippen LogP contribution in [0.1, 0.15) is 50.3 Å². The summed E-state index contributed by atoms with van der Waals surface area (Å²) in [5, 5.41) is 3.71. The minimum absolute atomic E-state index is 0.340. The summed E-state index contributed by atoms with van der Waals surface area (Å²) in [5.41, 5.74) is 2.99. The van der Waals surface area contributed by atoms with Gasteiger partial charge in [0, 0.05) is 12.6 Å². The molecule has 150 valence electrons. The second-order valence-electron chi connectivity index (χ2n) is 7.92. The van der Waals surface area contributed by atoms with Gasteiger partial charge in [-0.1, -0.05) is 36.4 Å². The Morgan fingerprint density at radius 1 is 1.14 bits per heavy atom. The Labute approximate surface area is 168 Å². The van der Waals surface area contributed by atoms with E-state index in [1.807, 2.05) is 12.1 Å². The first-order valence-corrected chi connectivity index (χ1v) is 10.2. The maximum atomic E-state index is 12.1. The van der Waals surface area contributed by atoms with Crippen molar-refractivity contribution in [3.8, 4) is 5.75 Å². The molecule has 4 heteroatoms. The molecular weight excluding hydrogens is 350 g/mol. The van der Waals surface area contributed by atoms with E-state index in [4.69, 9.17) is 9.47 Å². The maximum Gasteiger partial charge on any atom is 0.349 e. The van der Waals surface area contributed by atoms with Gasteiger partial charge in [-0.25, -0.2) is 4.79 Å². The van der Waals surface area contributed by atoms with Gasteiger partial charge in [-0.3, -0.25) is 0 Å². The minimum atomic E-state index is -1.00. The fourth-order valence-electron chi connectivity index (χ4n) is 3.68. The average molecular weight is 382 g/mol. The van der Waals surface area contributed by atoms with Crippen molar-refractivity contribution in [2.75, 3.05) is 6.61 Å². The van der Waals surface area contributed by atoms with E-state index in [0.29, 0.717) is 12.6 Å². The summed E-state index contributed by atoms with van der Waals surface area (Å²) in [4.78, 5) is 12.1. The van der Waals surface area contributed by atoms with Gasteiger partial charge in [0.2, 0.25) is 0 Å². The smallest absolute Gasteiger partial charge is 0.349 e. The number of ether oxygens (including phenoxy) is 2. The van der Waals surface area contributed by atoms with Crippen LogP contribution in [-0.2, 0) is 28.9 Å². The van der Waals surface area contributed by atoms with Crippen LogP contribution in [0.5, 0.6) is 5.75 Å². The van der Waals surface area contributed by atoms with Gasteiger partial charge in [0.1, 0.15) is 5.75 Å². The van der Waals surface area contributed by atoms with Gasteiger partial charge < -0.3 is 14.8 Å². The summed E-state index contributed by atoms with van der Waals surface area (Å²) in [6, 6.07) is 17.2. The number of carbonyl (C=O) groups is 1. The van der Waals surface area contributed by atoms with Crippen molar-refractivity contribution in [3.63, 3.8) is 0 Å². The normalized spacial score (nSPS) is 16.8. The van der Waals surface area contributed by atoms with Crippen LogP contribution in [-0.4, -0.2) is 24.2 Å². The van der Waals surface area contributed by atoms with E-state index in [1.165, 1.54) is 23.1 Å². The molecule has 0 aliphatic heterocycles. The molecule has 0 spiro atoms. The molecule has 4 nitrogen and oxygen atoms in total. The van der Waals surface area contributed by atoms with Crippen LogP contribution in [0.4, 0.5) is 0 Å². The number of rotatable bonds is 7. The molecule has 0 bridgehead atoms. The van der Waals surface area contributed by atoms with Crippen LogP contribution >= 0.6 is 0 Å². The van der Waals surface area contributed by atoms with E-state index in [0.717, 1.165) is 31.6 Å². The zero-order valence-corrected chi connectivity index (χ0v) is 17.2. The Hall–Kier alpha value is -2.33. The molecule has 1 unspecified atom stereocenters. The zero-order chi connectivity index (χ0) is 20.0. The summed E-state index contributed by atoms with van der Waals surface area (Å²) in [7, 11) is 0. The number of fused-ring (bicyclic) bond motifs is 1. The van der Waals surface area contributed by atoms with Gasteiger partial charge in [-0.2, -0.15) is 0 Å². The first-order chi connectivity index (χ1) is 13.5. The van der Waals surface area contributed by atoms with Crippen molar-refractivity contribution in [1.82, 2.24) is 5.32 Å². The van der Waals surface area contributed by atoms with Crippen molar-refractivity contribution in [1.29, 1.82) is 0 Å². The van der Waals surface area contributed by atoms with Crippen LogP contribution in [0.15, 0.2) is 48.5 Å². The third-order valence-electron chi connectivity index (χ3n) is 5.22. The molecule has 0 amide bonds. The van der Waals surface area contributed by atoms with Gasteiger partial charge in [0.05, 0.1) is 6.61 Å². The number of carbonyl (C=O) groups excluding carboxylic acids is 1. The highest BCUT2D eigenvalue weighted by atomic mass is 16.6. The molecule has 2 aromatic rings. The number of benzene rings is 2. The Morgan fingerprint density at radius 2 is 1.93 bits per heavy atom. The first-order valence-electron chi connectivity index (χ1n) is 10.2. The third kappa shape index (κ3) is 5.35. The highest BCUT2D eigenvalue weighted by Crippen LogP contribution is 2.27. The molecule has 2 aromatic carbocycles. The number of aryl methyl sites for hydroxylation is 1. The van der Waals surface area contributed by atoms with E-state index in [9.17, 15) is 4.79 Å². The van der Waals surface area contributed by atoms with Crippen molar-refractivity contribution >= 4 is 5.97 Å². The summed E-state index contributed by atoms with van der Waals surface area (Å²) < 4.78 is 11.1. The lowest BCUT2D eigenvalue weighted by atomic mass is 10.0. The Morgan fingerprint density at radius 3 is 2.68 bits per heavy atom. The zero-order valence-electron chi connectivity index (χ0n) is 17.2. The molecule has 0 radical (unpaired) electrons. The van der Waals surface area contributed by atoms with Crippen molar-refractivity contribution in [2.45, 2.75) is 64.6 Å². The number of hydrogen-bond acceptors (Lipinski definition) is 4. The lowest BCUT2D eigenvalue weighted by Crippen LogP contribution is -2.39. The third-order valence-corrected chi connectivity index (χ3v) is 5.22. The molecular formula is C24H31NO3. The number of nitrogens with one attached hydrogen (secondary N) is 1. The van der Waals surface area contributed by atoms with Gasteiger partial charge in [0.15, 0.2) is 5.60 Å². The number of esters is 1. The van der Waals surface area contributed by atoms with E-state index < -0.39 is 5.60 Å². The van der Waals surface area contributed by atoms with E-state index in [-0.39, 0.29) is 5.97 Å². The first kappa shape index (κ1) is 20.4. The molecule has 0 aromatic heterocycles. The Balaban J connectivity index is 1.68. The van der Waals surface area contributed by atoms with E-state index in [1.54, 1.807) is 20.8 Å². The second kappa shape index (κ2) is 9.24. The van der Waals surface area contributed by atoms with Crippen LogP contribution in [0.3, 0.4) is 0 Å². The van der Waals surface area contributed by atoms with Crippen molar-refractivity contribution in [2.24, 2.45) is 0 Å². The Kier molecular flexibility index (Phi) is 6.74. The second-order valence-corrected chi connectivity index (χ2v) is 7.92. The summed E-state index contributed by atoms with van der Waals surface area (Å²) >= 11 is 0. The van der Waals surface area contributed by atoms with Crippen LogP contribution in [0.25, 0.3) is 0 Å². The quantitative estimate of drug-likeness (QED) is 0.569. The highest BCUT2D eigenvalue weighted by Gasteiger charge is 2.32. The number of hydrogen-bond donors (Lipinski definition) is 1. The monoisotopic (exact) mass is 381 g/mol. The average Bonchev–Trinajstić information content (AvgIpc) is 2.88. The fourth-order valence-corrected chi connectivity index (χ4v) is 3.68. The standard InChI is InChI=1S/C24H31NO3/c1-4-27-23(26)24(2,3)28-22-14-13-19-11-8-12-21(15-20(19)16-22)25-17-18-9-6-5-7-10-18/h5-7,9-10,13-14,16,21,25H,4,8,11-12,15,17H2,1-3H3. The predicted octanol–water partition coefficient (Wildman–Crippen LogP) is 4.44. The van der Waals surface area contributed by atoms with E-state index in [2.05, 4.69) is 41.7 Å². The molecule has 1 atom stereocenters. The van der Waals surface area contributed by atoms with Crippen LogP contribution in [0.2, 0.25) is 0 Å². The maximum absolute atomic E-state index is 12.1. The lowest BCUT2D eigenvalue weighted by Gasteiger charge is -2.25. The van der Waals surface area contributed by atoms with Gasteiger partial charge >= 0.3 is 5.97 Å². The molecule has 1 aliphatic carbocycles. The Bertz CT molecular complexity index is 786. The van der Waals surface area contributed by atoms with Crippen LogP contribution < -0.4 is 10.1 Å². The molecule has 1 aliphatic rings. The van der Waals surface area contributed by atoms with E-state index >= 15 is 0 Å². The molecule has 1 N–H and O–H groups in total. The molecule has 0 heterocycles. The summed E-state index contributed by atoms with van der Waals surface area (Å²) in [6.45, 7) is 6.54. The van der Waals surface area contributed by atoms with Gasteiger partial charge in [-0.15, -0.1) is 0 Å². The van der Waals surface area contributed by atoms with Crippen molar-refractivity contribution < 1.29 is 14.3 Å². The lowest BCUT2D eigenvalue weighted by molar-refractivity contribution is -0.158. The molecule has 3 rings (SSSR count). The fraction of sp³-hybridized carbons (Fsp3) is 0.458. The molecule has 28 heavy (non-hydrogen) atoms. The molecule has 0 fully saturated rings. The summed E-state index contributed by atoms with van der Waals surface area (Å²) in [6.07, 6.45) is 4.39. The predicted molar refractivity (Wildman–Crippen MR) is 111 cm³/mol. The van der Waals surface area contributed by atoms with Gasteiger partial charge in [-0.05, 0) is 75.3 Å². The topological polar surface area (TPSA) is 47.6 Å². The molecule has 0 saturated carbocycles. The largest absolute Gasteiger partial charge is 0.476 e.